The first-order valence-electron chi connectivity index (χ1n) is 4.39. The van der Waals surface area contributed by atoms with Crippen LogP contribution in [0, 0.1) is 11.8 Å². The molecule has 1 saturated carbocycles. The predicted molar refractivity (Wildman–Crippen MR) is 47.2 cm³/mol. The van der Waals surface area contributed by atoms with Gasteiger partial charge in [0.1, 0.15) is 0 Å². The Labute approximate surface area is 76.4 Å². The zero-order chi connectivity index (χ0) is 9.26. The Bertz CT molecular complexity index is 310. The number of carboxylic acid groups (broad SMARTS) is 1. The molecule has 1 aromatic rings. The Morgan fingerprint density at radius 1 is 1.69 bits per heavy atom. The maximum atomic E-state index is 10.5. The zero-order valence-electron chi connectivity index (χ0n) is 7.18. The average molecular weight is 177 g/mol. The van der Waals surface area contributed by atoms with E-state index in [-0.39, 0.29) is 5.92 Å². The van der Waals surface area contributed by atoms with Crippen LogP contribution in [-0.2, 0) is 11.2 Å². The lowest BCUT2D eigenvalue weighted by Gasteiger charge is -1.96. The number of rotatable bonds is 3. The Balaban J connectivity index is 1.92. The van der Waals surface area contributed by atoms with Crippen molar-refractivity contribution in [1.29, 1.82) is 0 Å². The molecule has 3 nitrogen and oxygen atoms in total. The lowest BCUT2D eigenvalue weighted by Crippen LogP contribution is -2.01. The fourth-order valence-corrected chi connectivity index (χ4v) is 1.60. The normalized spacial score (nSPS) is 25.5. The van der Waals surface area contributed by atoms with Crippen molar-refractivity contribution >= 4 is 5.97 Å². The highest BCUT2D eigenvalue weighted by Gasteiger charge is 2.42. The van der Waals surface area contributed by atoms with Gasteiger partial charge in [0.15, 0.2) is 0 Å². The highest BCUT2D eigenvalue weighted by Crippen LogP contribution is 2.40. The molecule has 2 atom stereocenters. The molecule has 1 aliphatic rings. The maximum Gasteiger partial charge on any atom is 0.306 e. The number of hydrogen-bond donors (Lipinski definition) is 1. The van der Waals surface area contributed by atoms with E-state index in [4.69, 9.17) is 5.11 Å². The first-order chi connectivity index (χ1) is 6.27. The van der Waals surface area contributed by atoms with Crippen LogP contribution in [0.3, 0.4) is 0 Å². The molecule has 0 aromatic carbocycles. The van der Waals surface area contributed by atoms with Gasteiger partial charge in [-0.15, -0.1) is 0 Å². The second kappa shape index (κ2) is 3.17. The molecule has 1 aromatic heterocycles. The summed E-state index contributed by atoms with van der Waals surface area (Å²) in [6, 6.07) is 3.87. The van der Waals surface area contributed by atoms with Gasteiger partial charge in [0.25, 0.3) is 0 Å². The van der Waals surface area contributed by atoms with Crippen LogP contribution >= 0.6 is 0 Å². The van der Waals surface area contributed by atoms with Crippen molar-refractivity contribution < 1.29 is 9.90 Å². The molecule has 0 bridgehead atoms. The van der Waals surface area contributed by atoms with E-state index in [1.54, 1.807) is 12.4 Å². The summed E-state index contributed by atoms with van der Waals surface area (Å²) in [4.78, 5) is 14.5. The minimum absolute atomic E-state index is 0.111. The average Bonchev–Trinajstić information content (AvgIpc) is 2.86. The molecule has 68 valence electrons. The first kappa shape index (κ1) is 8.23. The molecule has 3 heteroatoms. The monoisotopic (exact) mass is 177 g/mol. The van der Waals surface area contributed by atoms with Gasteiger partial charge >= 0.3 is 5.97 Å². The number of aromatic nitrogens is 1. The molecule has 1 fully saturated rings. The molecule has 0 amide bonds. The standard InChI is InChI=1S/C10H11NO2/c12-10(13)9-5-8(9)4-7-2-1-3-11-6-7/h1-3,6,8-9H,4-5H2,(H,12,13)/t8-,9+/m0/s1. The molecular formula is C10H11NO2. The predicted octanol–water partition coefficient (Wildman–Crippen LogP) is 1.34. The van der Waals surface area contributed by atoms with Gasteiger partial charge in [-0.1, -0.05) is 6.07 Å². The summed E-state index contributed by atoms with van der Waals surface area (Å²) < 4.78 is 0. The van der Waals surface area contributed by atoms with Gasteiger partial charge in [-0.25, -0.2) is 0 Å². The summed E-state index contributed by atoms with van der Waals surface area (Å²) in [5.41, 5.74) is 1.14. The van der Waals surface area contributed by atoms with E-state index in [0.717, 1.165) is 18.4 Å². The quantitative estimate of drug-likeness (QED) is 0.758. The van der Waals surface area contributed by atoms with Crippen LogP contribution in [-0.4, -0.2) is 16.1 Å². The minimum atomic E-state index is -0.658. The third kappa shape index (κ3) is 1.86. The number of carbonyl (C=O) groups is 1. The Kier molecular flexibility index (Phi) is 2.00. The fraction of sp³-hybridized carbons (Fsp3) is 0.400. The Morgan fingerprint density at radius 3 is 3.08 bits per heavy atom. The van der Waals surface area contributed by atoms with E-state index in [0.29, 0.717) is 5.92 Å². The van der Waals surface area contributed by atoms with Crippen LogP contribution in [0.5, 0.6) is 0 Å². The molecule has 1 aliphatic carbocycles. The van der Waals surface area contributed by atoms with Crippen molar-refractivity contribution in [2.75, 3.05) is 0 Å². The topological polar surface area (TPSA) is 50.2 Å². The number of nitrogens with zero attached hydrogens (tertiary/aromatic N) is 1. The van der Waals surface area contributed by atoms with Crippen molar-refractivity contribution in [3.63, 3.8) is 0 Å². The molecule has 1 heterocycles. The highest BCUT2D eigenvalue weighted by molar-refractivity contribution is 5.73. The maximum absolute atomic E-state index is 10.5. The second-order valence-electron chi connectivity index (χ2n) is 3.51. The van der Waals surface area contributed by atoms with Gasteiger partial charge in [-0.05, 0) is 30.4 Å². The smallest absolute Gasteiger partial charge is 0.306 e. The van der Waals surface area contributed by atoms with Crippen molar-refractivity contribution in [3.8, 4) is 0 Å². The summed E-state index contributed by atoms with van der Waals surface area (Å²) in [5.74, 6) is -0.434. The van der Waals surface area contributed by atoms with E-state index >= 15 is 0 Å². The van der Waals surface area contributed by atoms with E-state index < -0.39 is 5.97 Å². The van der Waals surface area contributed by atoms with Gasteiger partial charge in [-0.3, -0.25) is 9.78 Å². The molecule has 0 unspecified atom stereocenters. The van der Waals surface area contributed by atoms with Gasteiger partial charge in [0.05, 0.1) is 5.92 Å². The molecule has 13 heavy (non-hydrogen) atoms. The van der Waals surface area contributed by atoms with Gasteiger partial charge in [0.2, 0.25) is 0 Å². The lowest BCUT2D eigenvalue weighted by molar-refractivity contribution is -0.138. The lowest BCUT2D eigenvalue weighted by atomic mass is 10.1. The molecule has 0 spiro atoms. The first-order valence-corrected chi connectivity index (χ1v) is 4.39. The summed E-state index contributed by atoms with van der Waals surface area (Å²) in [6.07, 6.45) is 5.21. The van der Waals surface area contributed by atoms with Gasteiger partial charge in [0, 0.05) is 12.4 Å². The summed E-state index contributed by atoms with van der Waals surface area (Å²) >= 11 is 0. The van der Waals surface area contributed by atoms with Crippen LogP contribution in [0.25, 0.3) is 0 Å². The number of carboxylic acids is 1. The third-order valence-electron chi connectivity index (χ3n) is 2.46. The van der Waals surface area contributed by atoms with Crippen molar-refractivity contribution in [1.82, 2.24) is 4.98 Å². The van der Waals surface area contributed by atoms with Crippen LogP contribution in [0.4, 0.5) is 0 Å². The van der Waals surface area contributed by atoms with Crippen molar-refractivity contribution in [3.05, 3.63) is 30.1 Å². The summed E-state index contributed by atoms with van der Waals surface area (Å²) in [6.45, 7) is 0. The fourth-order valence-electron chi connectivity index (χ4n) is 1.60. The SMILES string of the molecule is O=C(O)[C@@H]1C[C@@H]1Cc1cccnc1. The Hall–Kier alpha value is -1.38. The van der Waals surface area contributed by atoms with Gasteiger partial charge < -0.3 is 5.11 Å². The highest BCUT2D eigenvalue weighted by atomic mass is 16.4. The van der Waals surface area contributed by atoms with E-state index in [1.165, 1.54) is 0 Å². The molecule has 2 rings (SSSR count). The van der Waals surface area contributed by atoms with Crippen LogP contribution in [0.2, 0.25) is 0 Å². The molecule has 0 saturated heterocycles. The van der Waals surface area contributed by atoms with E-state index in [2.05, 4.69) is 4.98 Å². The van der Waals surface area contributed by atoms with Crippen LogP contribution in [0.1, 0.15) is 12.0 Å². The Morgan fingerprint density at radius 2 is 2.54 bits per heavy atom. The number of pyridine rings is 1. The molecular weight excluding hydrogens is 166 g/mol. The molecule has 1 N–H and O–H groups in total. The van der Waals surface area contributed by atoms with Crippen molar-refractivity contribution in [2.24, 2.45) is 11.8 Å². The van der Waals surface area contributed by atoms with Gasteiger partial charge in [-0.2, -0.15) is 0 Å². The van der Waals surface area contributed by atoms with E-state index in [9.17, 15) is 4.79 Å². The summed E-state index contributed by atoms with van der Waals surface area (Å²) in [7, 11) is 0. The summed E-state index contributed by atoms with van der Waals surface area (Å²) in [5, 5.41) is 8.69. The largest absolute Gasteiger partial charge is 0.481 e. The van der Waals surface area contributed by atoms with E-state index in [1.807, 2.05) is 12.1 Å². The number of hydrogen-bond acceptors (Lipinski definition) is 2. The van der Waals surface area contributed by atoms with Crippen LogP contribution < -0.4 is 0 Å². The molecule has 0 aliphatic heterocycles. The zero-order valence-corrected chi connectivity index (χ0v) is 7.18. The third-order valence-corrected chi connectivity index (χ3v) is 2.46. The number of aliphatic carboxylic acids is 1. The molecule has 0 radical (unpaired) electrons. The van der Waals surface area contributed by atoms with Crippen LogP contribution in [0.15, 0.2) is 24.5 Å². The second-order valence-corrected chi connectivity index (χ2v) is 3.51. The minimum Gasteiger partial charge on any atom is -0.481 e. The van der Waals surface area contributed by atoms with Crippen molar-refractivity contribution in [2.45, 2.75) is 12.8 Å².